The lowest BCUT2D eigenvalue weighted by molar-refractivity contribution is 0.284. The summed E-state index contributed by atoms with van der Waals surface area (Å²) >= 11 is 0. The van der Waals surface area contributed by atoms with Crippen molar-refractivity contribution in [2.45, 2.75) is 63.6 Å². The molecule has 0 radical (unpaired) electrons. The van der Waals surface area contributed by atoms with E-state index in [9.17, 15) is 0 Å². The maximum absolute atomic E-state index is 3.88. The zero-order valence-corrected chi connectivity index (χ0v) is 10.6. The highest BCUT2D eigenvalue weighted by molar-refractivity contribution is 4.96. The minimum Gasteiger partial charge on any atom is -0.310 e. The van der Waals surface area contributed by atoms with E-state index in [1.165, 1.54) is 45.2 Å². The molecule has 2 rings (SSSR count). The van der Waals surface area contributed by atoms with Crippen molar-refractivity contribution in [1.82, 2.24) is 10.2 Å². The van der Waals surface area contributed by atoms with Crippen LogP contribution in [0.4, 0.5) is 0 Å². The van der Waals surface area contributed by atoms with Crippen LogP contribution < -0.4 is 5.32 Å². The molecule has 2 nitrogen and oxygen atoms in total. The maximum atomic E-state index is 3.88. The fourth-order valence-corrected chi connectivity index (χ4v) is 3.30. The Labute approximate surface area is 100 Å². The number of nitrogens with one attached hydrogen (secondary N) is 1. The van der Waals surface area contributed by atoms with Gasteiger partial charge in [0.05, 0.1) is 0 Å². The first kappa shape index (κ1) is 12.1. The SMILES string of the molecule is C=CCCC(CC)NC1CCN2CCCC12. The maximum Gasteiger partial charge on any atom is 0.0250 e. The Morgan fingerprint density at radius 2 is 2.31 bits per heavy atom. The molecule has 0 aromatic rings. The zero-order chi connectivity index (χ0) is 11.4. The standard InChI is InChI=1S/C14H26N2/c1-3-5-7-12(4-2)15-13-9-11-16-10-6-8-14(13)16/h3,12-15H,1,4-11H2,2H3. The number of hydrogen-bond acceptors (Lipinski definition) is 2. The van der Waals surface area contributed by atoms with E-state index in [0.717, 1.165) is 18.5 Å². The summed E-state index contributed by atoms with van der Waals surface area (Å²) in [5, 5.41) is 3.88. The molecule has 2 aliphatic heterocycles. The molecular weight excluding hydrogens is 196 g/mol. The largest absolute Gasteiger partial charge is 0.310 e. The van der Waals surface area contributed by atoms with E-state index in [-0.39, 0.29) is 0 Å². The molecule has 0 saturated carbocycles. The van der Waals surface area contributed by atoms with E-state index in [1.54, 1.807) is 0 Å². The third kappa shape index (κ3) is 2.67. The van der Waals surface area contributed by atoms with Crippen LogP contribution in [0.3, 0.4) is 0 Å². The molecule has 2 heterocycles. The Kier molecular flexibility index (Phi) is 4.42. The van der Waals surface area contributed by atoms with E-state index in [1.807, 2.05) is 6.08 Å². The molecule has 0 aromatic carbocycles. The van der Waals surface area contributed by atoms with Crippen LogP contribution in [-0.2, 0) is 0 Å². The fraction of sp³-hybridized carbons (Fsp3) is 0.857. The van der Waals surface area contributed by atoms with Crippen molar-refractivity contribution in [1.29, 1.82) is 0 Å². The number of nitrogens with zero attached hydrogens (tertiary/aromatic N) is 1. The molecular formula is C14H26N2. The zero-order valence-electron chi connectivity index (χ0n) is 10.6. The van der Waals surface area contributed by atoms with E-state index in [2.05, 4.69) is 23.7 Å². The average Bonchev–Trinajstić information content (AvgIpc) is 2.88. The van der Waals surface area contributed by atoms with Gasteiger partial charge < -0.3 is 5.32 Å². The Balaban J connectivity index is 1.80. The van der Waals surface area contributed by atoms with Gasteiger partial charge in [-0.1, -0.05) is 13.0 Å². The third-order valence-corrected chi connectivity index (χ3v) is 4.27. The van der Waals surface area contributed by atoms with Gasteiger partial charge in [-0.3, -0.25) is 4.90 Å². The highest BCUT2D eigenvalue weighted by Crippen LogP contribution is 2.28. The van der Waals surface area contributed by atoms with E-state index in [0.29, 0.717) is 6.04 Å². The van der Waals surface area contributed by atoms with Crippen molar-refractivity contribution in [2.75, 3.05) is 13.1 Å². The molecule has 2 saturated heterocycles. The van der Waals surface area contributed by atoms with Crippen LogP contribution >= 0.6 is 0 Å². The van der Waals surface area contributed by atoms with Crippen molar-refractivity contribution in [2.24, 2.45) is 0 Å². The first-order valence-corrected chi connectivity index (χ1v) is 6.96. The van der Waals surface area contributed by atoms with Crippen molar-refractivity contribution in [3.8, 4) is 0 Å². The van der Waals surface area contributed by atoms with Gasteiger partial charge in [-0.2, -0.15) is 0 Å². The van der Waals surface area contributed by atoms with Crippen LogP contribution in [0, 0.1) is 0 Å². The molecule has 16 heavy (non-hydrogen) atoms. The Morgan fingerprint density at radius 1 is 1.44 bits per heavy atom. The van der Waals surface area contributed by atoms with Gasteiger partial charge in [0, 0.05) is 24.7 Å². The average molecular weight is 222 g/mol. The van der Waals surface area contributed by atoms with Gasteiger partial charge in [-0.15, -0.1) is 6.58 Å². The van der Waals surface area contributed by atoms with Crippen LogP contribution in [0.25, 0.3) is 0 Å². The lowest BCUT2D eigenvalue weighted by atomic mass is 10.0. The van der Waals surface area contributed by atoms with Crippen molar-refractivity contribution < 1.29 is 0 Å². The lowest BCUT2D eigenvalue weighted by Gasteiger charge is -2.26. The van der Waals surface area contributed by atoms with E-state index in [4.69, 9.17) is 0 Å². The smallest absolute Gasteiger partial charge is 0.0250 e. The summed E-state index contributed by atoms with van der Waals surface area (Å²) in [4.78, 5) is 2.68. The number of hydrogen-bond donors (Lipinski definition) is 1. The lowest BCUT2D eigenvalue weighted by Crippen LogP contribution is -2.44. The summed E-state index contributed by atoms with van der Waals surface area (Å²) < 4.78 is 0. The first-order chi connectivity index (χ1) is 7.85. The monoisotopic (exact) mass is 222 g/mol. The van der Waals surface area contributed by atoms with Crippen LogP contribution in [0.1, 0.15) is 45.4 Å². The molecule has 0 bridgehead atoms. The van der Waals surface area contributed by atoms with Gasteiger partial charge in [-0.05, 0) is 45.1 Å². The number of rotatable bonds is 6. The van der Waals surface area contributed by atoms with Gasteiger partial charge in [0.25, 0.3) is 0 Å². The summed E-state index contributed by atoms with van der Waals surface area (Å²) in [6.45, 7) is 8.77. The van der Waals surface area contributed by atoms with Crippen molar-refractivity contribution in [3.05, 3.63) is 12.7 Å². The van der Waals surface area contributed by atoms with Crippen molar-refractivity contribution >= 4 is 0 Å². The molecule has 1 N–H and O–H groups in total. The molecule has 2 fully saturated rings. The molecule has 3 unspecified atom stereocenters. The van der Waals surface area contributed by atoms with Gasteiger partial charge in [-0.25, -0.2) is 0 Å². The third-order valence-electron chi connectivity index (χ3n) is 4.27. The molecule has 0 spiro atoms. The van der Waals surface area contributed by atoms with Gasteiger partial charge >= 0.3 is 0 Å². The molecule has 0 aliphatic carbocycles. The highest BCUT2D eigenvalue weighted by Gasteiger charge is 2.37. The molecule has 0 aromatic heterocycles. The number of allylic oxidation sites excluding steroid dienone is 1. The predicted octanol–water partition coefficient (Wildman–Crippen LogP) is 2.56. The number of fused-ring (bicyclic) bond motifs is 1. The molecule has 3 atom stereocenters. The topological polar surface area (TPSA) is 15.3 Å². The Morgan fingerprint density at radius 3 is 3.06 bits per heavy atom. The van der Waals surface area contributed by atoms with Crippen LogP contribution in [0.2, 0.25) is 0 Å². The fourth-order valence-electron chi connectivity index (χ4n) is 3.30. The first-order valence-electron chi connectivity index (χ1n) is 6.96. The minimum atomic E-state index is 0.698. The molecule has 2 aliphatic rings. The van der Waals surface area contributed by atoms with Gasteiger partial charge in [0.15, 0.2) is 0 Å². The molecule has 92 valence electrons. The summed E-state index contributed by atoms with van der Waals surface area (Å²) in [5.41, 5.74) is 0. The second kappa shape index (κ2) is 5.83. The summed E-state index contributed by atoms with van der Waals surface area (Å²) in [6.07, 6.45) is 9.87. The normalized spacial score (nSPS) is 31.6. The van der Waals surface area contributed by atoms with Crippen LogP contribution in [0.15, 0.2) is 12.7 Å². The predicted molar refractivity (Wildman–Crippen MR) is 69.6 cm³/mol. The second-order valence-corrected chi connectivity index (χ2v) is 5.28. The van der Waals surface area contributed by atoms with Crippen LogP contribution in [0.5, 0.6) is 0 Å². The summed E-state index contributed by atoms with van der Waals surface area (Å²) in [5.74, 6) is 0. The van der Waals surface area contributed by atoms with E-state index < -0.39 is 0 Å². The van der Waals surface area contributed by atoms with Crippen molar-refractivity contribution in [3.63, 3.8) is 0 Å². The van der Waals surface area contributed by atoms with Crippen LogP contribution in [-0.4, -0.2) is 36.1 Å². The van der Waals surface area contributed by atoms with E-state index >= 15 is 0 Å². The minimum absolute atomic E-state index is 0.698. The second-order valence-electron chi connectivity index (χ2n) is 5.28. The Hall–Kier alpha value is -0.340. The van der Waals surface area contributed by atoms with Gasteiger partial charge in [0.1, 0.15) is 0 Å². The van der Waals surface area contributed by atoms with Gasteiger partial charge in [0.2, 0.25) is 0 Å². The summed E-state index contributed by atoms with van der Waals surface area (Å²) in [7, 11) is 0. The molecule has 2 heteroatoms. The molecule has 0 amide bonds. The quantitative estimate of drug-likeness (QED) is 0.695. The Bertz CT molecular complexity index is 227. The summed E-state index contributed by atoms with van der Waals surface area (Å²) in [6, 6.07) is 2.30. The highest BCUT2D eigenvalue weighted by atomic mass is 15.2.